The standard InChI is InChI=1S/C86H120N10O8S4.Mn/c1-25-85(21,26-2)41-43-87-105(97,98)81-57(13)49-53(9)73(61(81)17)77-65-33-34-66(91-65)78(74-54(10)50-58(14)82(62(74)18)106(99,100)88-44-42-86(22,27-3)28-4)68-36-38-70(93-68)80(76-56(12)52-60(16)84(64(76)20)108(103,104)90-46-48-96(24,31-7)32-8)72-40-39-71(94-72)79(69-37-35-67(77)92-69)75-55(11)51-59(15)83(63(75)19)107(101,102)89-45-47-95(23,29-5)30-6;/h33-40,49-52,87-90H,25-32,41-48H2,1-24H3;/q;+2. The largest absolute Gasteiger partial charge is 2.00 e. The van der Waals surface area contributed by atoms with Gasteiger partial charge in [0.25, 0.3) is 0 Å². The molecule has 4 N–H and O–H groups in total. The summed E-state index contributed by atoms with van der Waals surface area (Å²) in [6, 6.07) is 15.2. The second kappa shape index (κ2) is 34.1. The molecular formula is C86H120MnN10O8S4+2. The summed E-state index contributed by atoms with van der Waals surface area (Å²) in [6.07, 6.45) is 12.4. The monoisotopic (exact) mass is 1600 g/mol. The molecule has 0 atom stereocenters. The molecule has 7 aromatic rings. The van der Waals surface area contributed by atoms with E-state index < -0.39 is 40.1 Å². The number of fused-ring (bicyclic) bond motifs is 8. The number of likely N-dealkylation sites (N-methyl/N-ethyl adjacent to an activating group) is 2. The van der Waals surface area contributed by atoms with E-state index in [2.05, 4.69) is 102 Å². The molecule has 4 aromatic carbocycles. The van der Waals surface area contributed by atoms with Crippen molar-refractivity contribution in [2.75, 3.05) is 79.5 Å². The molecule has 18 nitrogen and oxygen atoms in total. The Labute approximate surface area is 663 Å². The fourth-order valence-corrected chi connectivity index (χ4v) is 22.4. The van der Waals surface area contributed by atoms with Gasteiger partial charge in [-0.15, -0.1) is 22.1 Å². The Balaban J connectivity index is 0.0000150. The predicted molar refractivity (Wildman–Crippen MR) is 447 cm³/mol. The molecule has 0 aliphatic carbocycles. The number of nitrogens with zero attached hydrogens (tertiary/aromatic N) is 6. The summed E-state index contributed by atoms with van der Waals surface area (Å²) in [5, 5.41) is 0. The molecule has 0 fully saturated rings. The van der Waals surface area contributed by atoms with Crippen molar-refractivity contribution >= 4 is 86.5 Å². The SMILES string of the molecule is CCC(C)(CC)CCNS(=O)(=O)c1c(C)cc(C)c(-c2c3nc(c(-c4c(C)cc(C)c(S(=O)(=O)NCCC(C)(CC)CC)c4C)c4ccc([n-]4)c(-c4c(C)cc(C)c(S(=O)(=O)NCC[N+](C)(CC)CC)c4C)c4nc(c(-c5c(C)cc(C)c(S(=O)(=O)NCC[N+](C)(CC)CC)c5C)c5ccc2[n-]5)C=C4)C=C3)c1C.[Mn+2]. The first-order valence-corrected chi connectivity index (χ1v) is 44.6. The molecule has 0 spiro atoms. The minimum absolute atomic E-state index is 0. The number of aryl methyl sites for hydroxylation is 8. The number of aromatic nitrogens is 4. The first-order chi connectivity index (χ1) is 50.5. The number of hydrogen-bond donors (Lipinski definition) is 4. The van der Waals surface area contributed by atoms with Crippen LogP contribution in [0.5, 0.6) is 0 Å². The smallest absolute Gasteiger partial charge is 0.657 e. The van der Waals surface area contributed by atoms with Crippen molar-refractivity contribution in [1.82, 2.24) is 38.8 Å². The zero-order valence-electron chi connectivity index (χ0n) is 69.2. The quantitative estimate of drug-likeness (QED) is 0.0227. The summed E-state index contributed by atoms with van der Waals surface area (Å²) < 4.78 is 134. The van der Waals surface area contributed by atoms with Crippen LogP contribution < -0.4 is 28.9 Å². The van der Waals surface area contributed by atoms with E-state index >= 15 is 33.7 Å². The maximum Gasteiger partial charge on any atom is 2.00 e. The number of rotatable bonds is 32. The number of quaternary nitrogens is 2. The van der Waals surface area contributed by atoms with Crippen molar-refractivity contribution in [3.8, 4) is 44.5 Å². The second-order valence-electron chi connectivity index (χ2n) is 31.8. The number of nitrogens with one attached hydrogen (secondary N) is 4. The summed E-state index contributed by atoms with van der Waals surface area (Å²) in [5.74, 6) is 0. The molecule has 0 saturated carbocycles. The minimum atomic E-state index is -4.17. The van der Waals surface area contributed by atoms with E-state index in [0.29, 0.717) is 169 Å². The summed E-state index contributed by atoms with van der Waals surface area (Å²) >= 11 is 0. The van der Waals surface area contributed by atoms with Gasteiger partial charge in [0.15, 0.2) is 0 Å². The average Bonchev–Trinajstić information content (AvgIpc) is 1.74. The van der Waals surface area contributed by atoms with Crippen molar-refractivity contribution < 1.29 is 59.7 Å². The Bertz CT molecular complexity index is 4740. The van der Waals surface area contributed by atoms with Gasteiger partial charge in [0.2, 0.25) is 40.1 Å². The van der Waals surface area contributed by atoms with Gasteiger partial charge in [0.05, 0.1) is 109 Å². The van der Waals surface area contributed by atoms with Gasteiger partial charge in [-0.3, -0.25) is 0 Å². The molecule has 2 aliphatic heterocycles. The minimum Gasteiger partial charge on any atom is -0.657 e. The molecule has 109 heavy (non-hydrogen) atoms. The molecule has 0 unspecified atom stereocenters. The first kappa shape index (κ1) is 88.1. The van der Waals surface area contributed by atoms with Crippen LogP contribution in [0.2, 0.25) is 0 Å². The predicted octanol–water partition coefficient (Wildman–Crippen LogP) is 16.8. The Morgan fingerprint density at radius 3 is 0.752 bits per heavy atom. The number of sulfonamides is 4. The summed E-state index contributed by atoms with van der Waals surface area (Å²) in [7, 11) is -12.4. The van der Waals surface area contributed by atoms with Crippen LogP contribution in [-0.2, 0) is 57.2 Å². The fourth-order valence-electron chi connectivity index (χ4n) is 16.4. The maximum absolute atomic E-state index is 15.1. The van der Waals surface area contributed by atoms with Crippen molar-refractivity contribution in [3.05, 3.63) is 138 Å². The van der Waals surface area contributed by atoms with Crippen molar-refractivity contribution in [2.45, 2.75) is 210 Å². The van der Waals surface area contributed by atoms with Crippen LogP contribution in [0.3, 0.4) is 0 Å². The van der Waals surface area contributed by atoms with Crippen LogP contribution >= 0.6 is 0 Å². The Morgan fingerprint density at radius 2 is 0.550 bits per heavy atom. The average molecular weight is 1610 g/mol. The Kier molecular flexibility index (Phi) is 27.6. The third-order valence-corrected chi connectivity index (χ3v) is 31.7. The third-order valence-electron chi connectivity index (χ3n) is 24.7. The van der Waals surface area contributed by atoms with Gasteiger partial charge >= 0.3 is 17.1 Å². The van der Waals surface area contributed by atoms with Crippen LogP contribution in [-0.4, -0.2) is 132 Å². The van der Waals surface area contributed by atoms with Crippen LogP contribution in [0.4, 0.5) is 0 Å². The van der Waals surface area contributed by atoms with Crippen LogP contribution in [0.1, 0.15) is 197 Å². The zero-order valence-corrected chi connectivity index (χ0v) is 73.6. The Hall–Kier alpha value is -6.44. The van der Waals surface area contributed by atoms with E-state index in [0.717, 1.165) is 74.1 Å². The third kappa shape index (κ3) is 17.8. The summed E-state index contributed by atoms with van der Waals surface area (Å²) in [5.41, 5.74) is 14.8. The van der Waals surface area contributed by atoms with Crippen LogP contribution in [0.25, 0.3) is 90.9 Å². The first-order valence-electron chi connectivity index (χ1n) is 38.7. The van der Waals surface area contributed by atoms with Gasteiger partial charge in [-0.05, 0) is 270 Å². The van der Waals surface area contributed by atoms with Crippen molar-refractivity contribution in [3.63, 3.8) is 0 Å². The summed E-state index contributed by atoms with van der Waals surface area (Å²) in [6.45, 7) is 49.0. The van der Waals surface area contributed by atoms with E-state index in [4.69, 9.17) is 19.9 Å². The normalized spacial score (nSPS) is 13.3. The van der Waals surface area contributed by atoms with Gasteiger partial charge in [0.1, 0.15) is 0 Å². The van der Waals surface area contributed by atoms with Crippen LogP contribution in [0, 0.1) is 93.9 Å². The van der Waals surface area contributed by atoms with E-state index in [9.17, 15) is 0 Å². The molecule has 3 aromatic heterocycles. The molecule has 9 rings (SSSR count). The molecule has 0 saturated heterocycles. The molecule has 591 valence electrons. The second-order valence-corrected chi connectivity index (χ2v) is 38.6. The molecule has 8 bridgehead atoms. The van der Waals surface area contributed by atoms with Crippen molar-refractivity contribution in [1.29, 1.82) is 0 Å². The fraction of sp³-hybridized carbons (Fsp3) is 0.488. The van der Waals surface area contributed by atoms with E-state index in [1.165, 1.54) is 0 Å². The molecule has 23 heteroatoms. The molecule has 2 aliphatic rings. The van der Waals surface area contributed by atoms with E-state index in [1.54, 1.807) is 0 Å². The van der Waals surface area contributed by atoms with Gasteiger partial charge < -0.3 is 18.9 Å². The maximum atomic E-state index is 15.1. The molecule has 0 amide bonds. The van der Waals surface area contributed by atoms with Gasteiger partial charge in [-0.1, -0.05) is 116 Å². The topological polar surface area (TPSA) is 239 Å². The van der Waals surface area contributed by atoms with Gasteiger partial charge in [0, 0.05) is 13.1 Å². The van der Waals surface area contributed by atoms with E-state index in [1.807, 2.05) is 156 Å². The number of hydrogen-bond acceptors (Lipinski definition) is 10. The summed E-state index contributed by atoms with van der Waals surface area (Å²) in [4.78, 5) is 23.2. The zero-order chi connectivity index (χ0) is 79.9. The number of benzene rings is 4. The molecule has 5 heterocycles. The Morgan fingerprint density at radius 1 is 0.339 bits per heavy atom. The van der Waals surface area contributed by atoms with Gasteiger partial charge in [-0.2, -0.15) is 0 Å². The molecule has 1 radical (unpaired) electrons. The molecular weight excluding hydrogens is 1480 g/mol. The van der Waals surface area contributed by atoms with Crippen molar-refractivity contribution in [2.24, 2.45) is 10.8 Å². The van der Waals surface area contributed by atoms with Gasteiger partial charge in [-0.25, -0.2) is 62.5 Å². The van der Waals surface area contributed by atoms with Crippen LogP contribution in [0.15, 0.2) is 68.1 Å². The van der Waals surface area contributed by atoms with E-state index in [-0.39, 0.29) is 73.7 Å².